The predicted molar refractivity (Wildman–Crippen MR) is 24.8 cm³/mol. The van der Waals surface area contributed by atoms with Crippen LogP contribution in [0.2, 0.25) is 0 Å². The van der Waals surface area contributed by atoms with E-state index in [1.807, 2.05) is 0 Å². The molecule has 8 N–H and O–H groups in total. The van der Waals surface area contributed by atoms with Crippen molar-refractivity contribution in [2.45, 2.75) is 0 Å². The second-order valence-corrected chi connectivity index (χ2v) is 0.224. The Morgan fingerprint density at radius 1 is 0.889 bits per heavy atom. The third-order valence-corrected chi connectivity index (χ3v) is 0. The molecule has 9 heavy (non-hydrogen) atoms. The molecule has 0 aliphatic heterocycles. The van der Waals surface area contributed by atoms with Gasteiger partial charge in [-0.1, -0.05) is 0 Å². The molecule has 0 bridgehead atoms. The van der Waals surface area contributed by atoms with Crippen molar-refractivity contribution in [2.24, 2.45) is 0 Å². The van der Waals surface area contributed by atoms with Crippen LogP contribution in [0.3, 0.4) is 0 Å². The Kier molecular flexibility index (Phi) is 412. The van der Waals surface area contributed by atoms with Crippen LogP contribution >= 0.6 is 0 Å². The van der Waals surface area contributed by atoms with Crippen molar-refractivity contribution in [3.63, 3.8) is 0 Å². The van der Waals surface area contributed by atoms with Gasteiger partial charge in [0.2, 0.25) is 0 Å². The fourth-order valence-electron chi connectivity index (χ4n) is 0. The van der Waals surface area contributed by atoms with Crippen molar-refractivity contribution in [1.29, 1.82) is 0 Å². The van der Waals surface area contributed by atoms with Gasteiger partial charge < -0.3 is 37.2 Å². The van der Waals surface area contributed by atoms with Crippen molar-refractivity contribution in [1.82, 2.24) is 0 Å². The summed E-state index contributed by atoms with van der Waals surface area (Å²) in [5.74, 6) is 0. The van der Waals surface area contributed by atoms with Crippen molar-refractivity contribution in [2.75, 3.05) is 0 Å². The topological polar surface area (TPSA) is 192 Å². The molecule has 0 saturated heterocycles. The minimum Gasteiger partial charge on any atom is -0.412 e. The van der Waals surface area contributed by atoms with Crippen LogP contribution in [0.5, 0.6) is 0 Å². The SMILES string of the molecule is O.O.O.O.O=[N+]([O-])[O-].[Mn+2]. The molecule has 0 aromatic rings. The molecular weight excluding hydrogens is 181 g/mol. The fraction of sp³-hybridized carbons (Fsp3) is 0. The van der Waals surface area contributed by atoms with E-state index in [0.717, 1.165) is 0 Å². The first kappa shape index (κ1) is 74.7. The average molecular weight is 189 g/mol. The van der Waals surface area contributed by atoms with Gasteiger partial charge in [0, 0.05) is 0 Å². The third-order valence-electron chi connectivity index (χ3n) is 0. The van der Waals surface area contributed by atoms with Crippen LogP contribution in [-0.2, 0) is 17.1 Å². The quantitative estimate of drug-likeness (QED) is 0.216. The minimum atomic E-state index is -1.75. The molecule has 0 spiro atoms. The van der Waals surface area contributed by atoms with E-state index >= 15 is 0 Å². The number of hydrogen-bond donors (Lipinski definition) is 0. The summed E-state index contributed by atoms with van der Waals surface area (Å²) < 4.78 is 0. The van der Waals surface area contributed by atoms with E-state index in [1.54, 1.807) is 0 Å². The van der Waals surface area contributed by atoms with E-state index in [0.29, 0.717) is 0 Å². The van der Waals surface area contributed by atoms with Gasteiger partial charge in [-0.25, -0.2) is 0 Å². The summed E-state index contributed by atoms with van der Waals surface area (Å²) in [6.45, 7) is 0. The number of nitrogens with zero attached hydrogens (tertiary/aromatic N) is 1. The zero-order valence-corrected chi connectivity index (χ0v) is 5.23. The van der Waals surface area contributed by atoms with Crippen LogP contribution in [0.1, 0.15) is 0 Å². The summed E-state index contributed by atoms with van der Waals surface area (Å²) in [7, 11) is 0. The van der Waals surface area contributed by atoms with Crippen LogP contribution in [-0.4, -0.2) is 27.0 Å². The summed E-state index contributed by atoms with van der Waals surface area (Å²) in [5, 5.41) is 14.8. The van der Waals surface area contributed by atoms with E-state index in [-0.39, 0.29) is 39.0 Å². The molecule has 0 saturated carbocycles. The van der Waals surface area contributed by atoms with E-state index in [2.05, 4.69) is 0 Å². The molecule has 0 unspecified atom stereocenters. The first-order valence-electron chi connectivity index (χ1n) is 0.548. The molecule has 9 heteroatoms. The molecule has 61 valence electrons. The summed E-state index contributed by atoms with van der Waals surface area (Å²) in [5.41, 5.74) is 0. The average Bonchev–Trinajstić information content (AvgIpc) is 0.811. The Balaban J connectivity index is -0.00000000450. The largest absolute Gasteiger partial charge is 2.00 e. The fourth-order valence-corrected chi connectivity index (χ4v) is 0. The van der Waals surface area contributed by atoms with Crippen LogP contribution in [0.15, 0.2) is 0 Å². The molecule has 8 nitrogen and oxygen atoms in total. The molecule has 0 aromatic carbocycles. The summed E-state index contributed by atoms with van der Waals surface area (Å²) in [4.78, 5) is 8.25. The van der Waals surface area contributed by atoms with Crippen molar-refractivity contribution in [3.05, 3.63) is 15.3 Å². The Bertz CT molecular complexity index is 31.9. The molecular formula is H8MnNO7+. The van der Waals surface area contributed by atoms with Gasteiger partial charge in [0.25, 0.3) is 0 Å². The summed E-state index contributed by atoms with van der Waals surface area (Å²) in [6, 6.07) is 0. The van der Waals surface area contributed by atoms with Crippen LogP contribution in [0, 0.1) is 15.3 Å². The zero-order valence-electron chi connectivity index (χ0n) is 4.05. The van der Waals surface area contributed by atoms with E-state index in [1.165, 1.54) is 0 Å². The normalized spacial score (nSPS) is 2.67. The van der Waals surface area contributed by atoms with Gasteiger partial charge in [-0.15, -0.1) is 0 Å². The Morgan fingerprint density at radius 3 is 0.889 bits per heavy atom. The molecule has 0 amide bonds. The monoisotopic (exact) mass is 189 g/mol. The van der Waals surface area contributed by atoms with Gasteiger partial charge in [-0.2, -0.15) is 0 Å². The number of hydrogen-bond acceptors (Lipinski definition) is 3. The van der Waals surface area contributed by atoms with Gasteiger partial charge in [0.15, 0.2) is 0 Å². The molecule has 1 radical (unpaired) electrons. The smallest absolute Gasteiger partial charge is 0.412 e. The van der Waals surface area contributed by atoms with Gasteiger partial charge in [-0.05, 0) is 0 Å². The predicted octanol–water partition coefficient (Wildman–Crippen LogP) is -3.54. The third kappa shape index (κ3) is 1200. The molecule has 0 aliphatic carbocycles. The van der Waals surface area contributed by atoms with Crippen LogP contribution in [0.4, 0.5) is 0 Å². The maximum Gasteiger partial charge on any atom is 2.00 e. The maximum atomic E-state index is 8.25. The number of rotatable bonds is 0. The maximum absolute atomic E-state index is 8.25. The zero-order chi connectivity index (χ0) is 3.58. The van der Waals surface area contributed by atoms with Crippen molar-refractivity contribution in [3.8, 4) is 0 Å². The molecule has 0 aliphatic rings. The van der Waals surface area contributed by atoms with E-state index in [4.69, 9.17) is 15.3 Å². The Morgan fingerprint density at radius 2 is 0.889 bits per heavy atom. The first-order valence-corrected chi connectivity index (χ1v) is 0.548. The summed E-state index contributed by atoms with van der Waals surface area (Å²) in [6.07, 6.45) is 0. The van der Waals surface area contributed by atoms with Gasteiger partial charge in [0.1, 0.15) is 0 Å². The van der Waals surface area contributed by atoms with Gasteiger partial charge in [-0.3, -0.25) is 0 Å². The standard InChI is InChI=1S/Mn.NO3.4H2O/c;2-1(3)4;;;;/h;;4*1H2/q+2;-1;;;;. The second-order valence-electron chi connectivity index (χ2n) is 0.224. The molecule has 0 atom stereocenters. The van der Waals surface area contributed by atoms with E-state index in [9.17, 15) is 0 Å². The van der Waals surface area contributed by atoms with Crippen LogP contribution in [0.25, 0.3) is 0 Å². The van der Waals surface area contributed by atoms with Gasteiger partial charge in [0.05, 0.1) is 5.09 Å². The molecule has 0 aromatic heterocycles. The first-order chi connectivity index (χ1) is 1.73. The van der Waals surface area contributed by atoms with Crippen LogP contribution < -0.4 is 0 Å². The summed E-state index contributed by atoms with van der Waals surface area (Å²) >= 11 is 0. The van der Waals surface area contributed by atoms with Crippen molar-refractivity contribution < 1.29 is 44.1 Å². The van der Waals surface area contributed by atoms with E-state index < -0.39 is 5.09 Å². The second kappa shape index (κ2) is 49.7. The Labute approximate surface area is 60.3 Å². The minimum absolute atomic E-state index is 0. The molecule has 0 rings (SSSR count). The molecule has 0 heterocycles. The van der Waals surface area contributed by atoms with Gasteiger partial charge >= 0.3 is 17.1 Å². The molecule has 0 fully saturated rings. The van der Waals surface area contributed by atoms with Crippen molar-refractivity contribution >= 4 is 0 Å². The Hall–Kier alpha value is -0.441.